The van der Waals surface area contributed by atoms with Crippen LogP contribution < -0.4 is 5.32 Å². The molecule has 2 saturated carbocycles. The van der Waals surface area contributed by atoms with E-state index in [1.165, 1.54) is 31.7 Å². The minimum Gasteiger partial charge on any atom is -0.477 e. The maximum absolute atomic E-state index is 12.2. The number of carbonyl (C=O) groups excluding carboxylic acids is 1. The molecule has 2 aliphatic carbocycles. The van der Waals surface area contributed by atoms with Crippen molar-refractivity contribution in [2.24, 2.45) is 17.8 Å². The van der Waals surface area contributed by atoms with Crippen molar-refractivity contribution in [2.45, 2.75) is 25.7 Å². The van der Waals surface area contributed by atoms with Gasteiger partial charge in [0.2, 0.25) is 5.91 Å². The zero-order valence-corrected chi connectivity index (χ0v) is 10.7. The summed E-state index contributed by atoms with van der Waals surface area (Å²) in [4.78, 5) is 23.2. The van der Waals surface area contributed by atoms with Gasteiger partial charge in [0.1, 0.15) is 4.88 Å². The minimum atomic E-state index is -0.943. The molecule has 1 aromatic heterocycles. The summed E-state index contributed by atoms with van der Waals surface area (Å²) in [6.45, 7) is 0. The summed E-state index contributed by atoms with van der Waals surface area (Å²) >= 11 is 1.12. The molecule has 0 radical (unpaired) electrons. The van der Waals surface area contributed by atoms with Gasteiger partial charge in [-0.05, 0) is 49.7 Å². The molecule has 0 aliphatic heterocycles. The molecule has 3 rings (SSSR count). The van der Waals surface area contributed by atoms with Gasteiger partial charge in [0, 0.05) is 5.92 Å². The van der Waals surface area contributed by atoms with E-state index in [9.17, 15) is 9.59 Å². The first-order valence-corrected chi connectivity index (χ1v) is 7.11. The highest BCUT2D eigenvalue weighted by Gasteiger charge is 2.45. The average Bonchev–Trinajstić information content (AvgIpc) is 3.22. The molecular formula is C13H15NO3S. The van der Waals surface area contributed by atoms with E-state index in [4.69, 9.17) is 5.11 Å². The molecule has 1 aromatic rings. The van der Waals surface area contributed by atoms with E-state index in [0.29, 0.717) is 16.8 Å². The number of hydrogen-bond acceptors (Lipinski definition) is 3. The number of carbonyl (C=O) groups is 2. The Kier molecular flexibility index (Phi) is 2.86. The van der Waals surface area contributed by atoms with Crippen LogP contribution in [0, 0.1) is 17.8 Å². The Labute approximate surface area is 109 Å². The smallest absolute Gasteiger partial charge is 0.345 e. The Hall–Kier alpha value is -1.36. The SMILES string of the molecule is O=C(O)c1ccc(NC(=O)C(C2CC2)C2CC2)s1. The fourth-order valence-corrected chi connectivity index (χ4v) is 3.20. The van der Waals surface area contributed by atoms with Gasteiger partial charge in [-0.25, -0.2) is 4.79 Å². The first kappa shape index (κ1) is 11.7. The molecule has 5 heteroatoms. The molecule has 4 nitrogen and oxygen atoms in total. The molecule has 18 heavy (non-hydrogen) atoms. The fraction of sp³-hybridized carbons (Fsp3) is 0.538. The second kappa shape index (κ2) is 4.39. The van der Waals surface area contributed by atoms with Gasteiger partial charge in [-0.2, -0.15) is 0 Å². The Morgan fingerprint density at radius 3 is 2.28 bits per heavy atom. The van der Waals surface area contributed by atoms with Crippen LogP contribution in [0.1, 0.15) is 35.4 Å². The zero-order chi connectivity index (χ0) is 12.7. The van der Waals surface area contributed by atoms with Crippen LogP contribution >= 0.6 is 11.3 Å². The molecule has 0 bridgehead atoms. The van der Waals surface area contributed by atoms with E-state index in [2.05, 4.69) is 5.32 Å². The Balaban J connectivity index is 1.66. The normalized spacial score (nSPS) is 18.9. The molecule has 0 atom stereocenters. The molecule has 0 spiro atoms. The predicted molar refractivity (Wildman–Crippen MR) is 68.8 cm³/mol. The van der Waals surface area contributed by atoms with Gasteiger partial charge in [0.15, 0.2) is 0 Å². The Morgan fingerprint density at radius 1 is 1.22 bits per heavy atom. The first-order valence-electron chi connectivity index (χ1n) is 6.29. The number of nitrogens with one attached hydrogen (secondary N) is 1. The summed E-state index contributed by atoms with van der Waals surface area (Å²) < 4.78 is 0. The number of rotatable bonds is 5. The van der Waals surface area contributed by atoms with Crippen molar-refractivity contribution in [1.82, 2.24) is 0 Å². The van der Waals surface area contributed by atoms with Gasteiger partial charge in [-0.15, -0.1) is 11.3 Å². The summed E-state index contributed by atoms with van der Waals surface area (Å²) in [6, 6.07) is 3.20. The topological polar surface area (TPSA) is 66.4 Å². The Morgan fingerprint density at radius 2 is 1.83 bits per heavy atom. The maximum atomic E-state index is 12.2. The fourth-order valence-electron chi connectivity index (χ4n) is 2.45. The highest BCUT2D eigenvalue weighted by Crippen LogP contribution is 2.49. The quantitative estimate of drug-likeness (QED) is 0.860. The van der Waals surface area contributed by atoms with Crippen LogP contribution in [0.4, 0.5) is 5.00 Å². The van der Waals surface area contributed by atoms with Crippen molar-refractivity contribution in [3.63, 3.8) is 0 Å². The third-order valence-corrected chi connectivity index (χ3v) is 4.61. The summed E-state index contributed by atoms with van der Waals surface area (Å²) in [5.74, 6) is 0.424. The summed E-state index contributed by atoms with van der Waals surface area (Å²) in [5, 5.41) is 12.4. The monoisotopic (exact) mass is 265 g/mol. The van der Waals surface area contributed by atoms with Crippen molar-refractivity contribution < 1.29 is 14.7 Å². The lowest BCUT2D eigenvalue weighted by Gasteiger charge is -2.14. The first-order chi connectivity index (χ1) is 8.65. The van der Waals surface area contributed by atoms with Gasteiger partial charge in [0.05, 0.1) is 5.00 Å². The highest BCUT2D eigenvalue weighted by molar-refractivity contribution is 7.18. The summed E-state index contributed by atoms with van der Waals surface area (Å²) in [7, 11) is 0. The van der Waals surface area contributed by atoms with E-state index in [-0.39, 0.29) is 16.7 Å². The summed E-state index contributed by atoms with van der Waals surface area (Å²) in [5.41, 5.74) is 0. The molecule has 1 amide bonds. The van der Waals surface area contributed by atoms with E-state index < -0.39 is 5.97 Å². The number of hydrogen-bond donors (Lipinski definition) is 2. The number of amides is 1. The maximum Gasteiger partial charge on any atom is 0.345 e. The van der Waals surface area contributed by atoms with Crippen molar-refractivity contribution in [2.75, 3.05) is 5.32 Å². The van der Waals surface area contributed by atoms with Crippen molar-refractivity contribution in [3.05, 3.63) is 17.0 Å². The molecule has 2 N–H and O–H groups in total. The van der Waals surface area contributed by atoms with E-state index >= 15 is 0 Å². The molecule has 2 aliphatic rings. The van der Waals surface area contributed by atoms with Crippen molar-refractivity contribution in [1.29, 1.82) is 0 Å². The van der Waals surface area contributed by atoms with Gasteiger partial charge in [0.25, 0.3) is 0 Å². The number of carboxylic acids is 1. The van der Waals surface area contributed by atoms with Gasteiger partial charge < -0.3 is 10.4 Å². The Bertz CT molecular complexity index is 476. The lowest BCUT2D eigenvalue weighted by Crippen LogP contribution is -2.25. The largest absolute Gasteiger partial charge is 0.477 e. The second-order valence-electron chi connectivity index (χ2n) is 5.16. The van der Waals surface area contributed by atoms with Crippen LogP contribution in [0.15, 0.2) is 12.1 Å². The number of aromatic carboxylic acids is 1. The van der Waals surface area contributed by atoms with Gasteiger partial charge in [-0.3, -0.25) is 4.79 Å². The second-order valence-corrected chi connectivity index (χ2v) is 6.24. The summed E-state index contributed by atoms with van der Waals surface area (Å²) in [6.07, 6.45) is 4.66. The van der Waals surface area contributed by atoms with Crippen molar-refractivity contribution >= 4 is 28.2 Å². The molecule has 0 unspecified atom stereocenters. The molecule has 1 heterocycles. The molecule has 96 valence electrons. The number of carboxylic acid groups (broad SMARTS) is 1. The minimum absolute atomic E-state index is 0.0822. The number of anilines is 1. The van der Waals surface area contributed by atoms with Gasteiger partial charge >= 0.3 is 5.97 Å². The van der Waals surface area contributed by atoms with Crippen LogP contribution in [0.5, 0.6) is 0 Å². The average molecular weight is 265 g/mol. The third kappa shape index (κ3) is 2.41. The lowest BCUT2D eigenvalue weighted by atomic mass is 9.97. The molecule has 0 saturated heterocycles. The molecular weight excluding hydrogens is 250 g/mol. The van der Waals surface area contributed by atoms with Crippen LogP contribution in [0.25, 0.3) is 0 Å². The third-order valence-electron chi connectivity index (χ3n) is 3.63. The standard InChI is InChI=1S/C13H15NO3S/c15-12(11(7-1-2-7)8-3-4-8)14-10-6-5-9(18-10)13(16)17/h5-8,11H,1-4H2,(H,14,15)(H,16,17). The predicted octanol–water partition coefficient (Wildman–Crippen LogP) is 2.82. The van der Waals surface area contributed by atoms with Crippen LogP contribution in [0.3, 0.4) is 0 Å². The molecule has 2 fully saturated rings. The zero-order valence-electron chi connectivity index (χ0n) is 9.89. The molecule has 0 aromatic carbocycles. The van der Waals surface area contributed by atoms with Crippen LogP contribution in [-0.2, 0) is 4.79 Å². The van der Waals surface area contributed by atoms with Crippen molar-refractivity contribution in [3.8, 4) is 0 Å². The van der Waals surface area contributed by atoms with E-state index in [0.717, 1.165) is 11.3 Å². The van der Waals surface area contributed by atoms with E-state index in [1.807, 2.05) is 0 Å². The van der Waals surface area contributed by atoms with Crippen LogP contribution in [-0.4, -0.2) is 17.0 Å². The van der Waals surface area contributed by atoms with Gasteiger partial charge in [-0.1, -0.05) is 0 Å². The van der Waals surface area contributed by atoms with Crippen LogP contribution in [0.2, 0.25) is 0 Å². The number of thiophene rings is 1. The lowest BCUT2D eigenvalue weighted by molar-refractivity contribution is -0.121. The van der Waals surface area contributed by atoms with E-state index in [1.54, 1.807) is 6.07 Å². The highest BCUT2D eigenvalue weighted by atomic mass is 32.1.